The van der Waals surface area contributed by atoms with Gasteiger partial charge < -0.3 is 15.1 Å². The molecule has 1 aromatic carbocycles. The molecule has 0 aliphatic carbocycles. The standard InChI is InChI=1S/C14H16N2O3S/c1-3-12-7-15-13(20-12)8-16(2)14(19)9-4-10(17)6-11(18)5-9/h4-7,17-18H,3,8H2,1-2H3. The zero-order chi connectivity index (χ0) is 14.7. The SMILES string of the molecule is CCc1cnc(CN(C)C(=O)c2cc(O)cc(O)c2)s1. The van der Waals surface area contributed by atoms with E-state index in [0.29, 0.717) is 6.54 Å². The van der Waals surface area contributed by atoms with E-state index < -0.39 is 0 Å². The van der Waals surface area contributed by atoms with Crippen LogP contribution in [0.3, 0.4) is 0 Å². The summed E-state index contributed by atoms with van der Waals surface area (Å²) >= 11 is 1.58. The maximum Gasteiger partial charge on any atom is 0.254 e. The number of hydrogen-bond acceptors (Lipinski definition) is 5. The van der Waals surface area contributed by atoms with Crippen LogP contribution in [-0.2, 0) is 13.0 Å². The molecule has 1 heterocycles. The van der Waals surface area contributed by atoms with Gasteiger partial charge in [0.25, 0.3) is 5.91 Å². The van der Waals surface area contributed by atoms with Crippen LogP contribution in [-0.4, -0.2) is 33.1 Å². The molecule has 5 nitrogen and oxygen atoms in total. The highest BCUT2D eigenvalue weighted by Crippen LogP contribution is 2.22. The first kappa shape index (κ1) is 14.3. The van der Waals surface area contributed by atoms with Gasteiger partial charge in [0, 0.05) is 29.8 Å². The van der Waals surface area contributed by atoms with E-state index in [1.807, 2.05) is 6.20 Å². The van der Waals surface area contributed by atoms with Gasteiger partial charge in [-0.15, -0.1) is 11.3 Å². The fraction of sp³-hybridized carbons (Fsp3) is 0.286. The topological polar surface area (TPSA) is 73.7 Å². The van der Waals surface area contributed by atoms with E-state index in [2.05, 4.69) is 11.9 Å². The van der Waals surface area contributed by atoms with E-state index in [0.717, 1.165) is 11.4 Å². The summed E-state index contributed by atoms with van der Waals surface area (Å²) in [4.78, 5) is 19.2. The van der Waals surface area contributed by atoms with Crippen LogP contribution in [0.2, 0.25) is 0 Å². The van der Waals surface area contributed by atoms with Gasteiger partial charge in [0.15, 0.2) is 0 Å². The molecule has 6 heteroatoms. The summed E-state index contributed by atoms with van der Waals surface area (Å²) in [6.07, 6.45) is 2.74. The average Bonchev–Trinajstić information content (AvgIpc) is 2.84. The van der Waals surface area contributed by atoms with Gasteiger partial charge >= 0.3 is 0 Å². The van der Waals surface area contributed by atoms with Gasteiger partial charge in [0.2, 0.25) is 0 Å². The minimum Gasteiger partial charge on any atom is -0.508 e. The minimum absolute atomic E-state index is 0.135. The van der Waals surface area contributed by atoms with Gasteiger partial charge in [-0.1, -0.05) is 6.92 Å². The van der Waals surface area contributed by atoms with E-state index in [1.165, 1.54) is 28.0 Å². The highest BCUT2D eigenvalue weighted by Gasteiger charge is 2.15. The molecule has 0 atom stereocenters. The minimum atomic E-state index is -0.274. The fourth-order valence-electron chi connectivity index (χ4n) is 1.80. The van der Waals surface area contributed by atoms with Crippen molar-refractivity contribution in [3.63, 3.8) is 0 Å². The Hall–Kier alpha value is -2.08. The quantitative estimate of drug-likeness (QED) is 0.907. The highest BCUT2D eigenvalue weighted by atomic mass is 32.1. The predicted molar refractivity (Wildman–Crippen MR) is 77.1 cm³/mol. The van der Waals surface area contributed by atoms with Crippen molar-refractivity contribution in [2.24, 2.45) is 0 Å². The van der Waals surface area contributed by atoms with Crippen LogP contribution in [0.25, 0.3) is 0 Å². The van der Waals surface area contributed by atoms with Crippen LogP contribution in [0.4, 0.5) is 0 Å². The van der Waals surface area contributed by atoms with E-state index in [9.17, 15) is 15.0 Å². The van der Waals surface area contributed by atoms with Crippen molar-refractivity contribution in [1.29, 1.82) is 0 Å². The molecular formula is C14H16N2O3S. The largest absolute Gasteiger partial charge is 0.508 e. The number of carbonyl (C=O) groups excluding carboxylic acids is 1. The summed E-state index contributed by atoms with van der Waals surface area (Å²) < 4.78 is 0. The van der Waals surface area contributed by atoms with Crippen LogP contribution in [0.15, 0.2) is 24.4 Å². The third kappa shape index (κ3) is 3.27. The normalized spacial score (nSPS) is 10.5. The molecule has 0 fully saturated rings. The van der Waals surface area contributed by atoms with Crippen LogP contribution in [0, 0.1) is 0 Å². The average molecular weight is 292 g/mol. The molecule has 2 rings (SSSR count). The van der Waals surface area contributed by atoms with Crippen molar-refractivity contribution in [2.75, 3.05) is 7.05 Å². The molecule has 106 valence electrons. The van der Waals surface area contributed by atoms with Gasteiger partial charge in [0.05, 0.1) is 6.54 Å². The number of phenolic OH excluding ortho intramolecular Hbond substituents is 2. The molecule has 0 saturated carbocycles. The first-order valence-corrected chi connectivity index (χ1v) is 7.03. The second kappa shape index (κ2) is 5.92. The van der Waals surface area contributed by atoms with Crippen molar-refractivity contribution < 1.29 is 15.0 Å². The lowest BCUT2D eigenvalue weighted by molar-refractivity contribution is 0.0784. The number of aromatic nitrogens is 1. The molecule has 0 aliphatic rings. The predicted octanol–water partition coefficient (Wildman–Crippen LogP) is 2.39. The summed E-state index contributed by atoms with van der Waals surface area (Å²) in [5.74, 6) is -0.544. The Balaban J connectivity index is 2.11. The lowest BCUT2D eigenvalue weighted by Crippen LogP contribution is -2.26. The van der Waals surface area contributed by atoms with Crippen molar-refractivity contribution in [3.05, 3.63) is 39.8 Å². The molecule has 20 heavy (non-hydrogen) atoms. The Morgan fingerprint density at radius 1 is 1.30 bits per heavy atom. The van der Waals surface area contributed by atoms with Gasteiger partial charge in [-0.3, -0.25) is 4.79 Å². The number of thiazole rings is 1. The molecule has 0 bridgehead atoms. The second-order valence-electron chi connectivity index (χ2n) is 4.47. The Kier molecular flexibility index (Phi) is 4.24. The maximum atomic E-state index is 12.2. The van der Waals surface area contributed by atoms with Gasteiger partial charge in [-0.05, 0) is 18.6 Å². The number of nitrogens with zero attached hydrogens (tertiary/aromatic N) is 2. The van der Waals surface area contributed by atoms with Crippen LogP contribution in [0.1, 0.15) is 27.2 Å². The third-order valence-corrected chi connectivity index (χ3v) is 3.94. The molecule has 0 saturated heterocycles. The van der Waals surface area contributed by atoms with Crippen LogP contribution >= 0.6 is 11.3 Å². The number of benzene rings is 1. The summed E-state index contributed by atoms with van der Waals surface area (Å²) in [6, 6.07) is 3.85. The number of hydrogen-bond donors (Lipinski definition) is 2. The third-order valence-electron chi connectivity index (χ3n) is 2.82. The zero-order valence-corrected chi connectivity index (χ0v) is 12.1. The number of carbonyl (C=O) groups is 1. The summed E-state index contributed by atoms with van der Waals surface area (Å²) in [6.45, 7) is 2.46. The van der Waals surface area contributed by atoms with Gasteiger partial charge in [-0.25, -0.2) is 4.98 Å². The van der Waals surface area contributed by atoms with E-state index in [1.54, 1.807) is 18.4 Å². The molecule has 0 aliphatic heterocycles. The molecule has 2 N–H and O–H groups in total. The lowest BCUT2D eigenvalue weighted by atomic mass is 10.2. The molecule has 0 unspecified atom stereocenters. The van der Waals surface area contributed by atoms with Crippen molar-refractivity contribution in [2.45, 2.75) is 19.9 Å². The number of phenols is 2. The molecule has 2 aromatic rings. The number of aromatic hydroxyl groups is 2. The fourth-order valence-corrected chi connectivity index (χ4v) is 2.71. The Bertz CT molecular complexity index is 604. The molecule has 0 spiro atoms. The van der Waals surface area contributed by atoms with Crippen molar-refractivity contribution in [1.82, 2.24) is 9.88 Å². The lowest BCUT2D eigenvalue weighted by Gasteiger charge is -2.16. The van der Waals surface area contributed by atoms with Crippen molar-refractivity contribution in [3.8, 4) is 11.5 Å². The summed E-state index contributed by atoms with van der Waals surface area (Å²) in [5.41, 5.74) is 0.247. The highest BCUT2D eigenvalue weighted by molar-refractivity contribution is 7.11. The summed E-state index contributed by atoms with van der Waals surface area (Å²) in [5, 5.41) is 19.7. The van der Waals surface area contributed by atoms with Crippen LogP contribution in [0.5, 0.6) is 11.5 Å². The molecular weight excluding hydrogens is 276 g/mol. The van der Waals surface area contributed by atoms with Gasteiger partial charge in [0.1, 0.15) is 16.5 Å². The van der Waals surface area contributed by atoms with E-state index in [4.69, 9.17) is 0 Å². The Morgan fingerprint density at radius 3 is 2.50 bits per heavy atom. The molecule has 1 aromatic heterocycles. The molecule has 1 amide bonds. The summed E-state index contributed by atoms with van der Waals surface area (Å²) in [7, 11) is 1.66. The smallest absolute Gasteiger partial charge is 0.254 e. The molecule has 0 radical (unpaired) electrons. The first-order chi connectivity index (χ1) is 9.49. The second-order valence-corrected chi connectivity index (χ2v) is 5.67. The first-order valence-electron chi connectivity index (χ1n) is 6.21. The van der Waals surface area contributed by atoms with Crippen molar-refractivity contribution >= 4 is 17.2 Å². The zero-order valence-electron chi connectivity index (χ0n) is 11.3. The number of rotatable bonds is 4. The number of aryl methyl sites for hydroxylation is 1. The Morgan fingerprint density at radius 2 is 1.95 bits per heavy atom. The maximum absolute atomic E-state index is 12.2. The van der Waals surface area contributed by atoms with Crippen LogP contribution < -0.4 is 0 Å². The van der Waals surface area contributed by atoms with Gasteiger partial charge in [-0.2, -0.15) is 0 Å². The Labute approximate surface area is 121 Å². The van der Waals surface area contributed by atoms with E-state index in [-0.39, 0.29) is 23.0 Å². The van der Waals surface area contributed by atoms with E-state index >= 15 is 0 Å². The number of amides is 1. The monoisotopic (exact) mass is 292 g/mol.